The fourth-order valence-corrected chi connectivity index (χ4v) is 23.8. The molecule has 3 aromatic heterocycles. The maximum absolute atomic E-state index is 2.45. The Hall–Kier alpha value is -18.3. The number of hydrogen-bond donors (Lipinski definition) is 0. The lowest BCUT2D eigenvalue weighted by atomic mass is 9.92. The van der Waals surface area contributed by atoms with Gasteiger partial charge in [0.05, 0.1) is 33.1 Å². The molecule has 25 aromatic carbocycles. The predicted octanol–water partition coefficient (Wildman–Crippen LogP) is 37.4. The van der Waals surface area contributed by atoms with Crippen molar-refractivity contribution in [3.05, 3.63) is 504 Å². The van der Waals surface area contributed by atoms with E-state index in [9.17, 15) is 0 Å². The van der Waals surface area contributed by atoms with Gasteiger partial charge in [0, 0.05) is 49.4 Å². The van der Waals surface area contributed by atoms with Crippen LogP contribution in [0, 0.1) is 0 Å². The van der Waals surface area contributed by atoms with Gasteiger partial charge in [-0.1, -0.05) is 382 Å². The summed E-state index contributed by atoms with van der Waals surface area (Å²) in [7, 11) is 0. The molecule has 0 unspecified atom stereocenters. The number of fused-ring (bicyclic) bond motifs is 22. The molecule has 0 saturated heterocycles. The molecule has 3 aliphatic rings. The van der Waals surface area contributed by atoms with Crippen molar-refractivity contribution >= 4 is 141 Å². The van der Waals surface area contributed by atoms with Crippen molar-refractivity contribution < 1.29 is 0 Å². The Labute approximate surface area is 802 Å². The van der Waals surface area contributed by atoms with E-state index >= 15 is 0 Å². The number of para-hydroxylation sites is 6. The second kappa shape index (κ2) is 31.2. The molecule has 642 valence electrons. The lowest BCUT2D eigenvalue weighted by molar-refractivity contribution is 1.13. The zero-order valence-electron chi connectivity index (χ0n) is 75.8. The van der Waals surface area contributed by atoms with Gasteiger partial charge in [0.2, 0.25) is 0 Å². The van der Waals surface area contributed by atoms with Crippen LogP contribution < -0.4 is 0 Å². The Kier molecular flexibility index (Phi) is 17.5. The van der Waals surface area contributed by atoms with Crippen molar-refractivity contribution in [2.75, 3.05) is 0 Å². The van der Waals surface area contributed by atoms with Crippen LogP contribution in [0.4, 0.5) is 0 Å². The van der Waals surface area contributed by atoms with Gasteiger partial charge in [-0.15, -0.1) is 0 Å². The van der Waals surface area contributed by atoms with Crippen LogP contribution in [0.15, 0.2) is 504 Å². The first-order chi connectivity index (χ1) is 68.9. The van der Waals surface area contributed by atoms with Gasteiger partial charge in [-0.2, -0.15) is 0 Å². The first-order valence-corrected chi connectivity index (χ1v) is 48.2. The monoisotopic (exact) mass is 1760 g/mol. The van der Waals surface area contributed by atoms with Crippen LogP contribution in [-0.4, -0.2) is 13.7 Å². The minimum absolute atomic E-state index is 1.15. The van der Waals surface area contributed by atoms with Gasteiger partial charge in [-0.3, -0.25) is 0 Å². The summed E-state index contributed by atoms with van der Waals surface area (Å²) in [5.41, 5.74) is 41.5. The normalized spacial score (nSPS) is 12.0. The molecule has 139 heavy (non-hydrogen) atoms. The highest BCUT2D eigenvalue weighted by Crippen LogP contribution is 2.56. The minimum Gasteiger partial charge on any atom is -0.309 e. The molecular formula is C136H83N3. The highest BCUT2D eigenvalue weighted by molar-refractivity contribution is 6.24. The second-order valence-corrected chi connectivity index (χ2v) is 37.6. The number of rotatable bonds is 9. The summed E-state index contributed by atoms with van der Waals surface area (Å²) in [4.78, 5) is 0. The molecule has 3 nitrogen and oxygen atoms in total. The SMILES string of the molecule is c1cc(-c2ccc3ccccc3c2)cc(-c2ccc3ccc(-c4ccc5c6c(cccc46)-c4cc6ccccc6cc4-5)cc3c2)c1.c1ccc(-c2cc(-c3ccc4c5c(cccc35)-c3cc5ccccc5cc3-4)cc(-n3c4ccccc4c4ccccc43)c2)cc1.c1ccc2c(c1)-c1cccc3c(-c4cc(-n5c6ccccc6c6ccccc65)cc(-n5c6ccccc6c6ccccc65)c4)ccc-2c13. The van der Waals surface area contributed by atoms with Gasteiger partial charge in [0.25, 0.3) is 0 Å². The molecule has 0 N–H and O–H groups in total. The first-order valence-electron chi connectivity index (χ1n) is 48.2. The summed E-state index contributed by atoms with van der Waals surface area (Å²) in [5.74, 6) is 0. The Bertz CT molecular complexity index is 9690. The van der Waals surface area contributed by atoms with Crippen LogP contribution in [0.3, 0.4) is 0 Å². The highest BCUT2D eigenvalue weighted by atomic mass is 15.0. The summed E-state index contributed by atoms with van der Waals surface area (Å²) in [6, 6.07) is 186. The van der Waals surface area contributed by atoms with E-state index in [1.54, 1.807) is 0 Å². The Morgan fingerprint density at radius 3 is 0.763 bits per heavy atom. The van der Waals surface area contributed by atoms with E-state index in [2.05, 4.69) is 517 Å². The number of aromatic nitrogens is 3. The van der Waals surface area contributed by atoms with Gasteiger partial charge in [0.15, 0.2) is 0 Å². The van der Waals surface area contributed by atoms with E-state index in [1.165, 1.54) is 280 Å². The lowest BCUT2D eigenvalue weighted by Gasteiger charge is -2.17. The molecule has 0 radical (unpaired) electrons. The molecule has 0 spiro atoms. The molecule has 0 amide bonds. The Morgan fingerprint density at radius 2 is 0.345 bits per heavy atom. The van der Waals surface area contributed by atoms with Gasteiger partial charge in [0.1, 0.15) is 0 Å². The van der Waals surface area contributed by atoms with Crippen molar-refractivity contribution in [3.63, 3.8) is 0 Å². The van der Waals surface area contributed by atoms with Crippen molar-refractivity contribution in [3.8, 4) is 151 Å². The third-order valence-corrected chi connectivity index (χ3v) is 30.1. The molecule has 0 saturated carbocycles. The van der Waals surface area contributed by atoms with Crippen molar-refractivity contribution in [2.24, 2.45) is 0 Å². The minimum atomic E-state index is 1.15. The molecule has 31 rings (SSSR count). The highest BCUT2D eigenvalue weighted by Gasteiger charge is 2.29. The van der Waals surface area contributed by atoms with Crippen LogP contribution in [0.1, 0.15) is 0 Å². The number of nitrogens with zero attached hydrogens (tertiary/aromatic N) is 3. The van der Waals surface area contributed by atoms with Crippen LogP contribution in [0.2, 0.25) is 0 Å². The van der Waals surface area contributed by atoms with E-state index in [-0.39, 0.29) is 0 Å². The fourth-order valence-electron chi connectivity index (χ4n) is 23.8. The topological polar surface area (TPSA) is 14.8 Å². The lowest BCUT2D eigenvalue weighted by Crippen LogP contribution is -2.00. The van der Waals surface area contributed by atoms with Crippen molar-refractivity contribution in [1.29, 1.82) is 0 Å². The molecule has 3 heterocycles. The fraction of sp³-hybridized carbons (Fsp3) is 0. The molecule has 28 aromatic rings. The number of benzene rings is 25. The van der Waals surface area contributed by atoms with E-state index in [0.29, 0.717) is 0 Å². The summed E-state index contributed by atoms with van der Waals surface area (Å²) in [5, 5.41) is 25.8. The number of hydrogen-bond acceptors (Lipinski definition) is 0. The van der Waals surface area contributed by atoms with Crippen LogP contribution in [0.5, 0.6) is 0 Å². The third-order valence-electron chi connectivity index (χ3n) is 30.1. The summed E-state index contributed by atoms with van der Waals surface area (Å²) in [6.07, 6.45) is 0. The van der Waals surface area contributed by atoms with Crippen molar-refractivity contribution in [1.82, 2.24) is 13.7 Å². The van der Waals surface area contributed by atoms with E-state index in [4.69, 9.17) is 0 Å². The summed E-state index contributed by atoms with van der Waals surface area (Å²) in [6.45, 7) is 0. The first kappa shape index (κ1) is 78.2. The third kappa shape index (κ3) is 12.4. The standard InChI is InChI=1S/C46H28N2.C46H28.C44H27N/c1-2-13-34-33(12-1)40-19-11-18-39-32(24-25-41(34)46(39)40)29-26-30(47-42-20-7-3-14-35(42)36-15-4-8-21-43(36)47)28-31(27-29)48-44-22-9-5-16-37(44)38-17-6-10-23-45(38)48;1-2-8-31-23-36(18-15-29(31)7-1)32-11-5-12-33(24-32)37-19-16-30-17-20-38(26-39(30)25-37)40-21-22-43-45-28-35-10-4-3-9-34(35)27-44(45)42-14-6-13-41(40)46(42)43;1-2-11-28(12-3-1)31-23-32(25-33(24-31)45-42-19-8-6-15-35(42)36-16-7-9-20-43(36)45)34-21-22-39-41-27-30-14-5-4-13-29(30)26-40(41)38-18-10-17-37(34)44(38)39/h1-28H;1-28H;1-27H. The molecule has 3 heteroatoms. The molecule has 0 bridgehead atoms. The average Bonchev–Trinajstić information content (AvgIpc) is 1.57. The quantitative estimate of drug-likeness (QED) is 0.137. The van der Waals surface area contributed by atoms with Gasteiger partial charge in [-0.05, 0) is 330 Å². The molecule has 0 atom stereocenters. The van der Waals surface area contributed by atoms with Crippen molar-refractivity contribution in [2.45, 2.75) is 0 Å². The zero-order valence-corrected chi connectivity index (χ0v) is 75.8. The zero-order chi connectivity index (χ0) is 91.0. The van der Waals surface area contributed by atoms with Gasteiger partial charge in [-0.25, -0.2) is 0 Å². The Morgan fingerprint density at radius 1 is 0.101 bits per heavy atom. The maximum atomic E-state index is 2.45. The summed E-state index contributed by atoms with van der Waals surface area (Å²) < 4.78 is 7.32. The van der Waals surface area contributed by atoms with E-state index in [1.807, 2.05) is 0 Å². The van der Waals surface area contributed by atoms with Crippen LogP contribution in [-0.2, 0) is 0 Å². The smallest absolute Gasteiger partial charge is 0.0541 e. The van der Waals surface area contributed by atoms with Crippen LogP contribution in [0.25, 0.3) is 291 Å². The molecule has 0 fully saturated rings. The van der Waals surface area contributed by atoms with E-state index < -0.39 is 0 Å². The average molecular weight is 1760 g/mol. The largest absolute Gasteiger partial charge is 0.309 e. The predicted molar refractivity (Wildman–Crippen MR) is 591 cm³/mol. The maximum Gasteiger partial charge on any atom is 0.0541 e. The van der Waals surface area contributed by atoms with Gasteiger partial charge < -0.3 is 13.7 Å². The summed E-state index contributed by atoms with van der Waals surface area (Å²) >= 11 is 0. The molecule has 0 aliphatic heterocycles. The van der Waals surface area contributed by atoms with E-state index in [0.717, 1.165) is 11.4 Å². The molecule has 3 aliphatic carbocycles. The second-order valence-electron chi connectivity index (χ2n) is 37.6. The molecular weight excluding hydrogens is 1680 g/mol. The van der Waals surface area contributed by atoms with Gasteiger partial charge >= 0.3 is 0 Å². The van der Waals surface area contributed by atoms with Crippen LogP contribution >= 0.6 is 0 Å². The Balaban J connectivity index is 0.000000100.